The summed E-state index contributed by atoms with van der Waals surface area (Å²) in [6.45, 7) is 2.02. The van der Waals surface area contributed by atoms with Crippen LogP contribution in [-0.2, 0) is 0 Å². The third kappa shape index (κ3) is 3.98. The first-order chi connectivity index (χ1) is 8.08. The molecule has 1 heterocycles. The molecular formula is C11H15BrN2O3. The molecule has 17 heavy (non-hydrogen) atoms. The average molecular weight is 303 g/mol. The molecule has 0 aliphatic rings. The van der Waals surface area contributed by atoms with Crippen molar-refractivity contribution in [3.8, 4) is 0 Å². The molecule has 1 unspecified atom stereocenters. The second-order valence-corrected chi connectivity index (χ2v) is 4.53. The van der Waals surface area contributed by atoms with Crippen molar-refractivity contribution in [2.24, 2.45) is 0 Å². The van der Waals surface area contributed by atoms with Gasteiger partial charge in [0.2, 0.25) is 0 Å². The number of halogens is 1. The Morgan fingerprint density at radius 3 is 2.88 bits per heavy atom. The van der Waals surface area contributed by atoms with Gasteiger partial charge in [0.05, 0.1) is 0 Å². The van der Waals surface area contributed by atoms with E-state index in [2.05, 4.69) is 26.2 Å². The molecule has 0 aliphatic heterocycles. The van der Waals surface area contributed by atoms with Crippen molar-refractivity contribution in [1.29, 1.82) is 0 Å². The highest BCUT2D eigenvalue weighted by molar-refractivity contribution is 9.10. The lowest BCUT2D eigenvalue weighted by Gasteiger charge is -2.17. The number of carbonyl (C=O) groups is 1. The predicted octanol–water partition coefficient (Wildman–Crippen LogP) is 2.12. The Balaban J connectivity index is 2.92. The van der Waals surface area contributed by atoms with Crippen molar-refractivity contribution in [3.05, 3.63) is 22.3 Å². The highest BCUT2D eigenvalue weighted by atomic mass is 79.9. The van der Waals surface area contributed by atoms with E-state index in [0.29, 0.717) is 16.7 Å². The zero-order valence-corrected chi connectivity index (χ0v) is 11.1. The first kappa shape index (κ1) is 13.9. The first-order valence-electron chi connectivity index (χ1n) is 5.34. The molecule has 5 nitrogen and oxygen atoms in total. The lowest BCUT2D eigenvalue weighted by atomic mass is 10.1. The summed E-state index contributed by atoms with van der Waals surface area (Å²) >= 11 is 3.19. The summed E-state index contributed by atoms with van der Waals surface area (Å²) in [6, 6.07) is 1.52. The summed E-state index contributed by atoms with van der Waals surface area (Å²) in [4.78, 5) is 15.1. The number of nitrogens with zero attached hydrogens (tertiary/aromatic N) is 1. The van der Waals surface area contributed by atoms with E-state index in [9.17, 15) is 4.79 Å². The quantitative estimate of drug-likeness (QED) is 0.750. The lowest BCUT2D eigenvalue weighted by molar-refractivity contribution is 0.0697. The standard InChI is InChI=1S/C11H15BrN2O3/c1-2-8(3-4-15)14-10-9(11(16)17)5-7(12)6-13-10/h5-6,8,15H,2-4H2,1H3,(H,13,14)(H,16,17). The minimum Gasteiger partial charge on any atom is -0.478 e. The van der Waals surface area contributed by atoms with Crippen LogP contribution >= 0.6 is 15.9 Å². The fraction of sp³-hybridized carbons (Fsp3) is 0.455. The molecule has 0 amide bonds. The van der Waals surface area contributed by atoms with Crippen LogP contribution in [0.1, 0.15) is 30.1 Å². The van der Waals surface area contributed by atoms with Gasteiger partial charge in [0.1, 0.15) is 11.4 Å². The van der Waals surface area contributed by atoms with E-state index in [1.165, 1.54) is 6.07 Å². The van der Waals surface area contributed by atoms with Crippen LogP contribution in [0, 0.1) is 0 Å². The van der Waals surface area contributed by atoms with Gasteiger partial charge in [-0.1, -0.05) is 6.92 Å². The molecule has 0 aliphatic carbocycles. The van der Waals surface area contributed by atoms with Gasteiger partial charge in [-0.3, -0.25) is 0 Å². The number of carboxylic acids is 1. The van der Waals surface area contributed by atoms with Gasteiger partial charge in [0, 0.05) is 23.3 Å². The van der Waals surface area contributed by atoms with E-state index in [1.807, 2.05) is 6.92 Å². The molecule has 3 N–H and O–H groups in total. The van der Waals surface area contributed by atoms with Crippen LogP contribution in [0.5, 0.6) is 0 Å². The molecule has 0 saturated heterocycles. The highest BCUT2D eigenvalue weighted by Crippen LogP contribution is 2.19. The number of aliphatic hydroxyl groups excluding tert-OH is 1. The Morgan fingerprint density at radius 2 is 2.35 bits per heavy atom. The maximum absolute atomic E-state index is 11.1. The largest absolute Gasteiger partial charge is 0.478 e. The topological polar surface area (TPSA) is 82.5 Å². The van der Waals surface area contributed by atoms with E-state index in [-0.39, 0.29) is 18.2 Å². The van der Waals surface area contributed by atoms with Crippen molar-refractivity contribution < 1.29 is 15.0 Å². The SMILES string of the molecule is CCC(CCO)Nc1ncc(Br)cc1C(=O)O. The molecule has 0 fully saturated rings. The maximum atomic E-state index is 11.1. The first-order valence-corrected chi connectivity index (χ1v) is 6.14. The van der Waals surface area contributed by atoms with Crippen molar-refractivity contribution in [2.75, 3.05) is 11.9 Å². The summed E-state index contributed by atoms with van der Waals surface area (Å²) in [7, 11) is 0. The van der Waals surface area contributed by atoms with Crippen LogP contribution in [0.15, 0.2) is 16.7 Å². The van der Waals surface area contributed by atoms with E-state index in [0.717, 1.165) is 6.42 Å². The van der Waals surface area contributed by atoms with Crippen molar-refractivity contribution in [1.82, 2.24) is 4.98 Å². The van der Waals surface area contributed by atoms with Gasteiger partial charge in [-0.2, -0.15) is 0 Å². The maximum Gasteiger partial charge on any atom is 0.339 e. The Labute approximate surface area is 108 Å². The van der Waals surface area contributed by atoms with Crippen LogP contribution in [0.3, 0.4) is 0 Å². The Bertz CT molecular complexity index is 398. The summed E-state index contributed by atoms with van der Waals surface area (Å²) in [5.74, 6) is -0.693. The molecule has 0 spiro atoms. The highest BCUT2D eigenvalue weighted by Gasteiger charge is 2.15. The number of aliphatic hydroxyl groups is 1. The summed E-state index contributed by atoms with van der Waals surface area (Å²) in [5.41, 5.74) is 0.121. The molecule has 0 saturated carbocycles. The number of pyridine rings is 1. The monoisotopic (exact) mass is 302 g/mol. The molecule has 94 valence electrons. The summed E-state index contributed by atoms with van der Waals surface area (Å²) in [6.07, 6.45) is 2.89. The third-order valence-electron chi connectivity index (χ3n) is 2.40. The molecule has 0 radical (unpaired) electrons. The van der Waals surface area contributed by atoms with Gasteiger partial charge >= 0.3 is 5.97 Å². The minimum atomic E-state index is -1.03. The molecule has 0 aromatic carbocycles. The number of hydrogen-bond donors (Lipinski definition) is 3. The Morgan fingerprint density at radius 1 is 1.65 bits per heavy atom. The number of nitrogens with one attached hydrogen (secondary N) is 1. The van der Waals surface area contributed by atoms with E-state index in [1.54, 1.807) is 6.20 Å². The number of anilines is 1. The van der Waals surface area contributed by atoms with Gasteiger partial charge in [0.25, 0.3) is 0 Å². The Hall–Kier alpha value is -1.14. The average Bonchev–Trinajstić information content (AvgIpc) is 2.30. The third-order valence-corrected chi connectivity index (χ3v) is 2.83. The number of aromatic carboxylic acids is 1. The van der Waals surface area contributed by atoms with Gasteiger partial charge in [-0.25, -0.2) is 9.78 Å². The van der Waals surface area contributed by atoms with Crippen molar-refractivity contribution in [3.63, 3.8) is 0 Å². The second kappa shape index (κ2) is 6.56. The Kier molecular flexibility index (Phi) is 5.37. The zero-order valence-electron chi connectivity index (χ0n) is 9.48. The van der Waals surface area contributed by atoms with Crippen LogP contribution in [-0.4, -0.2) is 33.8 Å². The van der Waals surface area contributed by atoms with E-state index in [4.69, 9.17) is 10.2 Å². The molecular weight excluding hydrogens is 288 g/mol. The van der Waals surface area contributed by atoms with Crippen molar-refractivity contribution >= 4 is 27.7 Å². The number of rotatable bonds is 6. The molecule has 6 heteroatoms. The number of hydrogen-bond acceptors (Lipinski definition) is 4. The normalized spacial score (nSPS) is 12.2. The molecule has 1 aromatic rings. The van der Waals surface area contributed by atoms with E-state index < -0.39 is 5.97 Å². The smallest absolute Gasteiger partial charge is 0.339 e. The second-order valence-electron chi connectivity index (χ2n) is 3.62. The molecule has 1 aromatic heterocycles. The fourth-order valence-corrected chi connectivity index (χ4v) is 1.78. The molecule has 1 atom stereocenters. The fourth-order valence-electron chi connectivity index (χ4n) is 1.44. The number of carboxylic acid groups (broad SMARTS) is 1. The van der Waals surface area contributed by atoms with Crippen LogP contribution in [0.2, 0.25) is 0 Å². The minimum absolute atomic E-state index is 0.0202. The van der Waals surface area contributed by atoms with Crippen LogP contribution in [0.25, 0.3) is 0 Å². The number of aromatic nitrogens is 1. The zero-order chi connectivity index (χ0) is 12.8. The van der Waals surface area contributed by atoms with Gasteiger partial charge < -0.3 is 15.5 Å². The summed E-state index contributed by atoms with van der Waals surface area (Å²) in [5, 5.41) is 21.0. The van der Waals surface area contributed by atoms with Gasteiger partial charge in [-0.15, -0.1) is 0 Å². The molecule has 1 rings (SSSR count). The van der Waals surface area contributed by atoms with Gasteiger partial charge in [-0.05, 0) is 34.8 Å². The van der Waals surface area contributed by atoms with E-state index >= 15 is 0 Å². The molecule has 0 bridgehead atoms. The van der Waals surface area contributed by atoms with Crippen LogP contribution in [0.4, 0.5) is 5.82 Å². The predicted molar refractivity (Wildman–Crippen MR) is 68.3 cm³/mol. The lowest BCUT2D eigenvalue weighted by Crippen LogP contribution is -2.22. The van der Waals surface area contributed by atoms with Crippen molar-refractivity contribution in [2.45, 2.75) is 25.8 Å². The van der Waals surface area contributed by atoms with Gasteiger partial charge in [0.15, 0.2) is 0 Å². The summed E-state index contributed by atoms with van der Waals surface area (Å²) < 4.78 is 0.621. The van der Waals surface area contributed by atoms with Crippen LogP contribution < -0.4 is 5.32 Å².